The first-order chi connectivity index (χ1) is 12.8. The summed E-state index contributed by atoms with van der Waals surface area (Å²) in [6, 6.07) is 7.94. The molecule has 2 aromatic heterocycles. The van der Waals surface area contributed by atoms with Crippen molar-refractivity contribution in [2.45, 2.75) is 17.7 Å². The Balaban J connectivity index is 0.00000280. The number of halogens is 4. The molecule has 0 aliphatic heterocycles. The number of carbonyl (C=O) groups is 1. The molecule has 3 aromatic rings. The largest absolute Gasteiger partial charge is 0.497 e. The summed E-state index contributed by atoms with van der Waals surface area (Å²) >= 11 is 2.21. The Morgan fingerprint density at radius 3 is 2.61 bits per heavy atom. The molecule has 1 aromatic carbocycles. The van der Waals surface area contributed by atoms with Crippen molar-refractivity contribution in [1.29, 1.82) is 0 Å². The zero-order valence-electron chi connectivity index (χ0n) is 14.4. The quantitative estimate of drug-likeness (QED) is 0.337. The van der Waals surface area contributed by atoms with Gasteiger partial charge in [0.25, 0.3) is 0 Å². The Labute approximate surface area is 172 Å². The number of thiophene rings is 1. The molecule has 2 heterocycles. The molecule has 11 heteroatoms. The minimum Gasteiger partial charge on any atom is -0.497 e. The van der Waals surface area contributed by atoms with E-state index in [2.05, 4.69) is 9.97 Å². The standard InChI is InChI=1S/C17H14F3N3O2S2.ClH/c1-25-9-2-4-12-11(6-9)15(23-16(22-12)17(18,19)20)26-8-13(24)14-5-3-10(7-21)27-14;/h2-6H,7-8,21H2,1H3;1H. The monoisotopic (exact) mass is 449 g/mol. The Morgan fingerprint density at radius 1 is 1.25 bits per heavy atom. The van der Waals surface area contributed by atoms with E-state index < -0.39 is 12.0 Å². The van der Waals surface area contributed by atoms with Crippen molar-refractivity contribution in [2.75, 3.05) is 12.9 Å². The van der Waals surface area contributed by atoms with Crippen molar-refractivity contribution < 1.29 is 22.7 Å². The molecule has 0 spiro atoms. The van der Waals surface area contributed by atoms with E-state index in [4.69, 9.17) is 10.5 Å². The summed E-state index contributed by atoms with van der Waals surface area (Å²) in [5, 5.41) is 0.476. The lowest BCUT2D eigenvalue weighted by atomic mass is 10.2. The summed E-state index contributed by atoms with van der Waals surface area (Å²) in [7, 11) is 1.45. The number of alkyl halides is 3. The predicted molar refractivity (Wildman–Crippen MR) is 106 cm³/mol. The first-order valence-electron chi connectivity index (χ1n) is 7.69. The van der Waals surface area contributed by atoms with E-state index in [-0.39, 0.29) is 34.5 Å². The molecule has 150 valence electrons. The second-order valence-corrected chi connectivity index (χ2v) is 7.55. The van der Waals surface area contributed by atoms with E-state index >= 15 is 0 Å². The fraction of sp³-hybridized carbons (Fsp3) is 0.235. The molecular formula is C17H15ClF3N3O2S2. The number of rotatable bonds is 6. The second-order valence-electron chi connectivity index (χ2n) is 5.42. The summed E-state index contributed by atoms with van der Waals surface area (Å²) in [5.74, 6) is -1.03. The van der Waals surface area contributed by atoms with Gasteiger partial charge >= 0.3 is 6.18 Å². The van der Waals surface area contributed by atoms with Gasteiger partial charge in [0.2, 0.25) is 5.82 Å². The summed E-state index contributed by atoms with van der Waals surface area (Å²) in [6.07, 6.45) is -4.68. The number of hydrogen-bond donors (Lipinski definition) is 1. The molecule has 0 atom stereocenters. The van der Waals surface area contributed by atoms with Crippen molar-refractivity contribution in [1.82, 2.24) is 9.97 Å². The average Bonchev–Trinajstić information content (AvgIpc) is 3.13. The number of hydrogen-bond acceptors (Lipinski definition) is 7. The fourth-order valence-electron chi connectivity index (χ4n) is 2.29. The number of methoxy groups -OCH3 is 1. The molecule has 0 amide bonds. The number of thioether (sulfide) groups is 1. The molecule has 0 saturated carbocycles. The number of carbonyl (C=O) groups excluding carboxylic acids is 1. The highest BCUT2D eigenvalue weighted by atomic mass is 35.5. The number of ketones is 1. The van der Waals surface area contributed by atoms with Crippen LogP contribution in [0.3, 0.4) is 0 Å². The van der Waals surface area contributed by atoms with Gasteiger partial charge in [-0.1, -0.05) is 11.8 Å². The summed E-state index contributed by atoms with van der Waals surface area (Å²) in [4.78, 5) is 20.9. The van der Waals surface area contributed by atoms with Crippen LogP contribution in [-0.2, 0) is 12.7 Å². The minimum absolute atomic E-state index is 0. The van der Waals surface area contributed by atoms with Crippen LogP contribution in [0.15, 0.2) is 35.4 Å². The van der Waals surface area contributed by atoms with Crippen LogP contribution < -0.4 is 10.5 Å². The van der Waals surface area contributed by atoms with Crippen molar-refractivity contribution in [2.24, 2.45) is 5.73 Å². The van der Waals surface area contributed by atoms with E-state index in [1.807, 2.05) is 0 Å². The van der Waals surface area contributed by atoms with Crippen LogP contribution in [0.5, 0.6) is 5.75 Å². The maximum absolute atomic E-state index is 13.1. The van der Waals surface area contributed by atoms with E-state index in [0.29, 0.717) is 22.6 Å². The Kier molecular flexibility index (Phi) is 7.27. The molecule has 0 aliphatic carbocycles. The SMILES string of the molecule is COc1ccc2nc(C(F)(F)F)nc(SCC(=O)c3ccc(CN)s3)c2c1.Cl. The lowest BCUT2D eigenvalue weighted by Crippen LogP contribution is -2.12. The van der Waals surface area contributed by atoms with Crippen molar-refractivity contribution in [3.05, 3.63) is 45.9 Å². The first kappa shape index (κ1) is 22.4. The van der Waals surface area contributed by atoms with Crippen LogP contribution >= 0.6 is 35.5 Å². The Hall–Kier alpha value is -1.88. The third-order valence-electron chi connectivity index (χ3n) is 3.60. The van der Waals surface area contributed by atoms with Crippen LogP contribution in [0, 0.1) is 0 Å². The van der Waals surface area contributed by atoms with Crippen LogP contribution in [0.1, 0.15) is 20.4 Å². The van der Waals surface area contributed by atoms with Gasteiger partial charge in [-0.3, -0.25) is 4.79 Å². The second kappa shape index (κ2) is 9.08. The molecule has 0 bridgehead atoms. The number of nitrogens with zero attached hydrogens (tertiary/aromatic N) is 2. The van der Waals surface area contributed by atoms with Gasteiger partial charge in [0, 0.05) is 16.8 Å². The third-order valence-corrected chi connectivity index (χ3v) is 5.74. The third kappa shape index (κ3) is 4.93. The van der Waals surface area contributed by atoms with E-state index in [1.165, 1.54) is 30.6 Å². The molecule has 2 N–H and O–H groups in total. The van der Waals surface area contributed by atoms with E-state index in [1.54, 1.807) is 18.2 Å². The van der Waals surface area contributed by atoms with Crippen LogP contribution in [0.2, 0.25) is 0 Å². The zero-order valence-corrected chi connectivity index (χ0v) is 16.9. The Morgan fingerprint density at radius 2 is 2.00 bits per heavy atom. The highest BCUT2D eigenvalue weighted by Gasteiger charge is 2.35. The normalized spacial score (nSPS) is 11.3. The lowest BCUT2D eigenvalue weighted by molar-refractivity contribution is -0.145. The van der Waals surface area contributed by atoms with Gasteiger partial charge in [0.15, 0.2) is 5.78 Å². The van der Waals surface area contributed by atoms with Gasteiger partial charge in [0.05, 0.1) is 23.3 Å². The van der Waals surface area contributed by atoms with Crippen LogP contribution in [0.4, 0.5) is 13.2 Å². The van der Waals surface area contributed by atoms with Crippen molar-refractivity contribution in [3.63, 3.8) is 0 Å². The number of Topliss-reactive ketones (excluding diaryl/α,β-unsaturated/α-hetero) is 1. The number of aromatic nitrogens is 2. The first-order valence-corrected chi connectivity index (χ1v) is 9.50. The van der Waals surface area contributed by atoms with Gasteiger partial charge in [-0.25, -0.2) is 9.97 Å². The molecule has 0 saturated heterocycles. The number of fused-ring (bicyclic) bond motifs is 1. The number of ether oxygens (including phenoxy) is 1. The fourth-order valence-corrected chi connectivity index (χ4v) is 4.09. The number of benzene rings is 1. The maximum atomic E-state index is 13.1. The van der Waals surface area contributed by atoms with Gasteiger partial charge < -0.3 is 10.5 Å². The molecular weight excluding hydrogens is 435 g/mol. The molecule has 0 fully saturated rings. The molecule has 5 nitrogen and oxygen atoms in total. The predicted octanol–water partition coefficient (Wildman–Crippen LogP) is 4.57. The van der Waals surface area contributed by atoms with E-state index in [9.17, 15) is 18.0 Å². The number of nitrogens with two attached hydrogens (primary N) is 1. The van der Waals surface area contributed by atoms with Crippen LogP contribution in [-0.4, -0.2) is 28.6 Å². The van der Waals surface area contributed by atoms with Gasteiger partial charge in [-0.15, -0.1) is 23.7 Å². The van der Waals surface area contributed by atoms with Crippen molar-refractivity contribution in [3.8, 4) is 5.75 Å². The Bertz CT molecular complexity index is 995. The highest BCUT2D eigenvalue weighted by molar-refractivity contribution is 8.00. The zero-order chi connectivity index (χ0) is 19.6. The molecule has 0 aliphatic rings. The summed E-state index contributed by atoms with van der Waals surface area (Å²) in [6.45, 7) is 0.330. The molecule has 3 rings (SSSR count). The smallest absolute Gasteiger partial charge is 0.451 e. The molecule has 28 heavy (non-hydrogen) atoms. The maximum Gasteiger partial charge on any atom is 0.451 e. The van der Waals surface area contributed by atoms with Crippen LogP contribution in [0.25, 0.3) is 10.9 Å². The van der Waals surface area contributed by atoms with Crippen molar-refractivity contribution >= 4 is 52.2 Å². The molecule has 0 radical (unpaired) electrons. The summed E-state index contributed by atoms with van der Waals surface area (Å²) < 4.78 is 44.5. The molecule has 0 unspecified atom stereocenters. The average molecular weight is 450 g/mol. The topological polar surface area (TPSA) is 78.1 Å². The van der Waals surface area contributed by atoms with E-state index in [0.717, 1.165) is 16.6 Å². The lowest BCUT2D eigenvalue weighted by Gasteiger charge is -2.11. The highest BCUT2D eigenvalue weighted by Crippen LogP contribution is 2.34. The van der Waals surface area contributed by atoms with Gasteiger partial charge in [-0.05, 0) is 30.3 Å². The summed E-state index contributed by atoms with van der Waals surface area (Å²) in [5.41, 5.74) is 5.67. The van der Waals surface area contributed by atoms with Gasteiger partial charge in [0.1, 0.15) is 10.8 Å². The minimum atomic E-state index is -4.68. The van der Waals surface area contributed by atoms with Gasteiger partial charge in [-0.2, -0.15) is 13.2 Å².